The third kappa shape index (κ3) is 6.84. The molecule has 166 valence electrons. The molecule has 0 aromatic heterocycles. The molecule has 1 saturated heterocycles. The molecule has 0 unspecified atom stereocenters. The number of rotatable bonds is 5. The van der Waals surface area contributed by atoms with Gasteiger partial charge in [0.15, 0.2) is 0 Å². The van der Waals surface area contributed by atoms with Crippen molar-refractivity contribution in [3.05, 3.63) is 53.1 Å². The monoisotopic (exact) mass is 455 g/mol. The van der Waals surface area contributed by atoms with Crippen LogP contribution in [0.25, 0.3) is 0 Å². The Morgan fingerprint density at radius 3 is 2.10 bits per heavy atom. The van der Waals surface area contributed by atoms with Gasteiger partial charge in [0.05, 0.1) is 17.1 Å². The molecular weight excluding hydrogens is 435 g/mol. The molecule has 2 aromatic carbocycles. The van der Waals surface area contributed by atoms with Gasteiger partial charge in [0, 0.05) is 43.2 Å². The normalized spacial score (nSPS) is 14.7. The molecule has 1 fully saturated rings. The van der Waals surface area contributed by atoms with Crippen LogP contribution >= 0.6 is 11.6 Å². The van der Waals surface area contributed by atoms with Gasteiger partial charge in [-0.1, -0.05) is 11.6 Å². The second-order valence-corrected chi connectivity index (χ2v) is 7.33. The minimum atomic E-state index is -4.63. The van der Waals surface area contributed by atoms with Crippen LogP contribution in [-0.2, 0) is 11.0 Å². The number of carbonyl (C=O) groups is 2. The molecule has 11 heteroatoms. The first kappa shape index (κ1) is 22.9. The highest BCUT2D eigenvalue weighted by molar-refractivity contribution is 6.31. The number of hydrogen-bond donors (Lipinski definition) is 4. The number of piperazine rings is 1. The highest BCUT2D eigenvalue weighted by Crippen LogP contribution is 2.36. The van der Waals surface area contributed by atoms with Crippen LogP contribution in [0.1, 0.15) is 5.56 Å². The van der Waals surface area contributed by atoms with Gasteiger partial charge in [-0.3, -0.25) is 9.69 Å². The molecule has 31 heavy (non-hydrogen) atoms. The zero-order valence-electron chi connectivity index (χ0n) is 16.4. The summed E-state index contributed by atoms with van der Waals surface area (Å²) < 4.78 is 38.8. The van der Waals surface area contributed by atoms with E-state index in [-0.39, 0.29) is 11.6 Å². The Morgan fingerprint density at radius 1 is 0.935 bits per heavy atom. The Labute approximate surface area is 181 Å². The number of nitrogens with zero attached hydrogens (tertiary/aromatic N) is 1. The summed E-state index contributed by atoms with van der Waals surface area (Å²) in [5, 5.41) is 10.4. The van der Waals surface area contributed by atoms with Crippen LogP contribution in [0.15, 0.2) is 42.5 Å². The van der Waals surface area contributed by atoms with E-state index in [2.05, 4.69) is 21.3 Å². The number of alkyl halides is 3. The minimum Gasteiger partial charge on any atom is -0.325 e. The van der Waals surface area contributed by atoms with E-state index in [4.69, 9.17) is 11.6 Å². The predicted molar refractivity (Wildman–Crippen MR) is 113 cm³/mol. The number of amides is 3. The summed E-state index contributed by atoms with van der Waals surface area (Å²) >= 11 is 5.57. The van der Waals surface area contributed by atoms with Crippen LogP contribution in [-0.4, -0.2) is 49.6 Å². The molecule has 1 aliphatic heterocycles. The van der Waals surface area contributed by atoms with Crippen LogP contribution in [0.2, 0.25) is 5.02 Å². The van der Waals surface area contributed by atoms with Crippen molar-refractivity contribution in [1.82, 2.24) is 10.2 Å². The Hall–Kier alpha value is -2.82. The summed E-state index contributed by atoms with van der Waals surface area (Å²) in [7, 11) is 0. The average molecular weight is 456 g/mol. The average Bonchev–Trinajstić information content (AvgIpc) is 2.71. The van der Waals surface area contributed by atoms with Gasteiger partial charge >= 0.3 is 12.2 Å². The third-order valence-electron chi connectivity index (χ3n) is 4.53. The van der Waals surface area contributed by atoms with Gasteiger partial charge < -0.3 is 21.3 Å². The largest absolute Gasteiger partial charge is 0.417 e. The van der Waals surface area contributed by atoms with E-state index < -0.39 is 22.8 Å². The molecule has 4 N–H and O–H groups in total. The molecule has 0 saturated carbocycles. The number of anilines is 3. The Morgan fingerprint density at radius 2 is 1.48 bits per heavy atom. The van der Waals surface area contributed by atoms with Gasteiger partial charge in [-0.15, -0.1) is 0 Å². The van der Waals surface area contributed by atoms with Crippen LogP contribution in [0, 0.1) is 0 Å². The van der Waals surface area contributed by atoms with E-state index in [9.17, 15) is 22.8 Å². The Balaban J connectivity index is 1.52. The quantitative estimate of drug-likeness (QED) is 0.552. The first-order valence-electron chi connectivity index (χ1n) is 9.48. The lowest BCUT2D eigenvalue weighted by Gasteiger charge is -2.26. The molecule has 3 amide bonds. The number of carbonyl (C=O) groups excluding carboxylic acids is 2. The fourth-order valence-electron chi connectivity index (χ4n) is 3.02. The number of nitrogens with one attached hydrogen (secondary N) is 4. The lowest BCUT2D eigenvalue weighted by Crippen LogP contribution is -2.46. The highest BCUT2D eigenvalue weighted by atomic mass is 35.5. The minimum absolute atomic E-state index is 0.0500. The number of benzene rings is 2. The molecule has 1 aliphatic rings. The number of urea groups is 1. The number of hydrogen-bond acceptors (Lipinski definition) is 4. The van der Waals surface area contributed by atoms with E-state index in [0.29, 0.717) is 17.9 Å². The summed E-state index contributed by atoms with van der Waals surface area (Å²) in [4.78, 5) is 26.3. The van der Waals surface area contributed by atoms with E-state index in [1.165, 1.54) is 6.07 Å². The van der Waals surface area contributed by atoms with Crippen molar-refractivity contribution in [2.75, 3.05) is 48.7 Å². The SMILES string of the molecule is O=C(CN1CCNCC1)Nc1ccc(NC(=O)Nc2ccc(Cl)c(C(F)(F)F)c2)cc1. The molecule has 0 atom stereocenters. The standard InChI is InChI=1S/C20H21ClF3N5O2/c21-17-6-5-15(11-16(17)20(22,23)24)28-19(31)27-14-3-1-13(2-4-14)26-18(30)12-29-9-7-25-8-10-29/h1-6,11,25H,7-10,12H2,(H,26,30)(H2,27,28,31). The van der Waals surface area contributed by atoms with Crippen molar-refractivity contribution in [2.45, 2.75) is 6.18 Å². The Kier molecular flexibility index (Phi) is 7.37. The van der Waals surface area contributed by atoms with Crippen LogP contribution in [0.3, 0.4) is 0 Å². The molecule has 0 spiro atoms. The molecule has 1 heterocycles. The maximum Gasteiger partial charge on any atom is 0.417 e. The zero-order chi connectivity index (χ0) is 22.4. The zero-order valence-corrected chi connectivity index (χ0v) is 17.1. The lowest BCUT2D eigenvalue weighted by atomic mass is 10.2. The van der Waals surface area contributed by atoms with E-state index in [1.807, 2.05) is 4.90 Å². The van der Waals surface area contributed by atoms with E-state index >= 15 is 0 Å². The van der Waals surface area contributed by atoms with Gasteiger partial charge in [-0.25, -0.2) is 4.79 Å². The molecule has 3 rings (SSSR count). The summed E-state index contributed by atoms with van der Waals surface area (Å²) in [6, 6.07) is 8.77. The molecule has 0 bridgehead atoms. The molecule has 0 aliphatic carbocycles. The smallest absolute Gasteiger partial charge is 0.325 e. The maximum atomic E-state index is 12.9. The van der Waals surface area contributed by atoms with Crippen molar-refractivity contribution in [1.29, 1.82) is 0 Å². The molecule has 0 radical (unpaired) electrons. The van der Waals surface area contributed by atoms with E-state index in [0.717, 1.165) is 38.3 Å². The van der Waals surface area contributed by atoms with Gasteiger partial charge in [-0.2, -0.15) is 13.2 Å². The molecular formula is C20H21ClF3N5O2. The van der Waals surface area contributed by atoms with Gasteiger partial charge in [0.25, 0.3) is 0 Å². The van der Waals surface area contributed by atoms with E-state index in [1.54, 1.807) is 24.3 Å². The second kappa shape index (κ2) is 9.99. The summed E-state index contributed by atoms with van der Waals surface area (Å²) in [5.74, 6) is -0.136. The van der Waals surface area contributed by atoms with Gasteiger partial charge in [-0.05, 0) is 42.5 Å². The Bertz CT molecular complexity index is 931. The lowest BCUT2D eigenvalue weighted by molar-refractivity contribution is -0.137. The summed E-state index contributed by atoms with van der Waals surface area (Å²) in [6.07, 6.45) is -4.63. The number of halogens is 4. The van der Waals surface area contributed by atoms with Crippen molar-refractivity contribution < 1.29 is 22.8 Å². The first-order chi connectivity index (χ1) is 14.7. The molecule has 2 aromatic rings. The fourth-order valence-corrected chi connectivity index (χ4v) is 3.25. The highest BCUT2D eigenvalue weighted by Gasteiger charge is 2.33. The first-order valence-corrected chi connectivity index (χ1v) is 9.86. The van der Waals surface area contributed by atoms with Crippen LogP contribution in [0.5, 0.6) is 0 Å². The summed E-state index contributed by atoms with van der Waals surface area (Å²) in [5.41, 5.74) is -0.111. The second-order valence-electron chi connectivity index (χ2n) is 6.92. The van der Waals surface area contributed by atoms with Crippen molar-refractivity contribution >= 4 is 40.6 Å². The van der Waals surface area contributed by atoms with Gasteiger partial charge in [0.1, 0.15) is 0 Å². The summed E-state index contributed by atoms with van der Waals surface area (Å²) in [6.45, 7) is 3.62. The van der Waals surface area contributed by atoms with Crippen LogP contribution < -0.4 is 21.3 Å². The van der Waals surface area contributed by atoms with Crippen molar-refractivity contribution in [3.63, 3.8) is 0 Å². The van der Waals surface area contributed by atoms with Gasteiger partial charge in [0.2, 0.25) is 5.91 Å². The third-order valence-corrected chi connectivity index (χ3v) is 4.86. The van der Waals surface area contributed by atoms with Crippen LogP contribution in [0.4, 0.5) is 35.0 Å². The topological polar surface area (TPSA) is 85.5 Å². The van der Waals surface area contributed by atoms with Crippen molar-refractivity contribution in [2.24, 2.45) is 0 Å². The fraction of sp³-hybridized carbons (Fsp3) is 0.300. The maximum absolute atomic E-state index is 12.9. The predicted octanol–water partition coefficient (Wildman–Crippen LogP) is 3.85. The molecule has 7 nitrogen and oxygen atoms in total. The van der Waals surface area contributed by atoms with Crippen molar-refractivity contribution in [3.8, 4) is 0 Å².